The van der Waals surface area contributed by atoms with Gasteiger partial charge in [0.1, 0.15) is 11.5 Å². The summed E-state index contributed by atoms with van der Waals surface area (Å²) in [6, 6.07) is 5.71. The van der Waals surface area contributed by atoms with Crippen LogP contribution in [0.4, 0.5) is 5.69 Å². The van der Waals surface area contributed by atoms with Crippen LogP contribution in [0, 0.1) is 13.8 Å². The van der Waals surface area contributed by atoms with Gasteiger partial charge < -0.3 is 14.5 Å². The maximum absolute atomic E-state index is 12.2. The SMILES string of the molecule is Cc1coc(C)c1C(=O)Nc1ccc2c(c1)CCO2. The van der Waals surface area contributed by atoms with Crippen molar-refractivity contribution in [1.29, 1.82) is 0 Å². The molecule has 0 unspecified atom stereocenters. The first kappa shape index (κ1) is 11.8. The van der Waals surface area contributed by atoms with Gasteiger partial charge in [-0.25, -0.2) is 0 Å². The summed E-state index contributed by atoms with van der Waals surface area (Å²) >= 11 is 0. The molecule has 1 aliphatic rings. The largest absolute Gasteiger partial charge is 0.493 e. The summed E-state index contributed by atoms with van der Waals surface area (Å²) in [5.41, 5.74) is 3.38. The van der Waals surface area contributed by atoms with Crippen molar-refractivity contribution in [2.45, 2.75) is 20.3 Å². The monoisotopic (exact) mass is 257 g/mol. The average Bonchev–Trinajstić information content (AvgIpc) is 2.95. The lowest BCUT2D eigenvalue weighted by atomic mass is 10.1. The van der Waals surface area contributed by atoms with Gasteiger partial charge in [-0.3, -0.25) is 4.79 Å². The van der Waals surface area contributed by atoms with E-state index in [0.29, 0.717) is 17.9 Å². The molecule has 0 saturated carbocycles. The number of amides is 1. The number of hydrogen-bond donors (Lipinski definition) is 1. The fourth-order valence-electron chi connectivity index (χ4n) is 2.37. The molecule has 0 fully saturated rings. The fourth-order valence-corrected chi connectivity index (χ4v) is 2.37. The smallest absolute Gasteiger partial charge is 0.259 e. The highest BCUT2D eigenvalue weighted by Gasteiger charge is 2.17. The molecule has 0 spiro atoms. The third-order valence-electron chi connectivity index (χ3n) is 3.33. The van der Waals surface area contributed by atoms with E-state index in [0.717, 1.165) is 29.0 Å². The Hall–Kier alpha value is -2.23. The van der Waals surface area contributed by atoms with E-state index in [4.69, 9.17) is 9.15 Å². The van der Waals surface area contributed by atoms with Crippen molar-refractivity contribution >= 4 is 11.6 Å². The van der Waals surface area contributed by atoms with Gasteiger partial charge in [0.05, 0.1) is 18.4 Å². The summed E-state index contributed by atoms with van der Waals surface area (Å²) in [5.74, 6) is 1.41. The van der Waals surface area contributed by atoms with Crippen molar-refractivity contribution in [3.8, 4) is 5.75 Å². The van der Waals surface area contributed by atoms with Gasteiger partial charge in [-0.05, 0) is 37.6 Å². The number of fused-ring (bicyclic) bond motifs is 1. The standard InChI is InChI=1S/C15H15NO3/c1-9-8-19-10(2)14(9)15(17)16-12-3-4-13-11(7-12)5-6-18-13/h3-4,7-8H,5-6H2,1-2H3,(H,16,17). The van der Waals surface area contributed by atoms with E-state index in [9.17, 15) is 4.79 Å². The zero-order valence-electron chi connectivity index (χ0n) is 10.9. The number of hydrogen-bond acceptors (Lipinski definition) is 3. The predicted octanol–water partition coefficient (Wildman–Crippen LogP) is 3.08. The number of rotatable bonds is 2. The normalized spacial score (nSPS) is 12.9. The molecule has 2 heterocycles. The van der Waals surface area contributed by atoms with Crippen molar-refractivity contribution in [2.75, 3.05) is 11.9 Å². The molecule has 0 bridgehead atoms. The van der Waals surface area contributed by atoms with E-state index in [1.165, 1.54) is 0 Å². The van der Waals surface area contributed by atoms with E-state index in [1.54, 1.807) is 13.2 Å². The predicted molar refractivity (Wildman–Crippen MR) is 71.8 cm³/mol. The van der Waals surface area contributed by atoms with Gasteiger partial charge in [-0.2, -0.15) is 0 Å². The Labute approximate surface area is 111 Å². The molecule has 98 valence electrons. The van der Waals surface area contributed by atoms with E-state index in [-0.39, 0.29) is 5.91 Å². The van der Waals surface area contributed by atoms with Crippen molar-refractivity contribution in [1.82, 2.24) is 0 Å². The first-order chi connectivity index (χ1) is 9.15. The third-order valence-corrected chi connectivity index (χ3v) is 3.33. The van der Waals surface area contributed by atoms with Crippen LogP contribution in [-0.2, 0) is 6.42 Å². The second-order valence-electron chi connectivity index (χ2n) is 4.72. The lowest BCUT2D eigenvalue weighted by Gasteiger charge is -2.07. The molecule has 0 atom stereocenters. The van der Waals surface area contributed by atoms with Gasteiger partial charge in [-0.1, -0.05) is 0 Å². The Morgan fingerprint density at radius 1 is 1.32 bits per heavy atom. The number of ether oxygens (including phenoxy) is 1. The molecule has 4 nitrogen and oxygen atoms in total. The van der Waals surface area contributed by atoms with Crippen molar-refractivity contribution in [3.05, 3.63) is 46.9 Å². The second kappa shape index (κ2) is 4.46. The van der Waals surface area contributed by atoms with Crippen LogP contribution in [0.5, 0.6) is 5.75 Å². The molecule has 0 saturated heterocycles. The molecule has 2 aromatic rings. The number of aryl methyl sites for hydroxylation is 2. The first-order valence-corrected chi connectivity index (χ1v) is 6.27. The minimum absolute atomic E-state index is 0.136. The Bertz CT molecular complexity index is 623. The topological polar surface area (TPSA) is 51.5 Å². The maximum atomic E-state index is 12.2. The van der Waals surface area contributed by atoms with Gasteiger partial charge in [0.25, 0.3) is 5.91 Å². The van der Waals surface area contributed by atoms with Crippen LogP contribution < -0.4 is 10.1 Å². The summed E-state index contributed by atoms with van der Waals surface area (Å²) in [6.07, 6.45) is 2.49. The van der Waals surface area contributed by atoms with E-state index < -0.39 is 0 Å². The minimum atomic E-state index is -0.136. The Morgan fingerprint density at radius 3 is 2.89 bits per heavy atom. The molecule has 1 N–H and O–H groups in total. The van der Waals surface area contributed by atoms with Crippen LogP contribution in [0.3, 0.4) is 0 Å². The molecular weight excluding hydrogens is 242 g/mol. The van der Waals surface area contributed by atoms with Crippen LogP contribution in [0.25, 0.3) is 0 Å². The average molecular weight is 257 g/mol. The van der Waals surface area contributed by atoms with Gasteiger partial charge in [0, 0.05) is 17.7 Å². The first-order valence-electron chi connectivity index (χ1n) is 6.27. The van der Waals surface area contributed by atoms with Gasteiger partial charge in [0.15, 0.2) is 0 Å². The molecule has 0 aliphatic carbocycles. The number of anilines is 1. The fraction of sp³-hybridized carbons (Fsp3) is 0.267. The van der Waals surface area contributed by atoms with Crippen LogP contribution >= 0.6 is 0 Å². The Morgan fingerprint density at radius 2 is 2.16 bits per heavy atom. The van der Waals surface area contributed by atoms with Crippen LogP contribution in [0.1, 0.15) is 27.2 Å². The quantitative estimate of drug-likeness (QED) is 0.899. The van der Waals surface area contributed by atoms with Crippen LogP contribution in [0.15, 0.2) is 28.9 Å². The zero-order chi connectivity index (χ0) is 13.4. The molecule has 1 amide bonds. The molecule has 4 heteroatoms. The van der Waals surface area contributed by atoms with Crippen molar-refractivity contribution < 1.29 is 13.9 Å². The minimum Gasteiger partial charge on any atom is -0.493 e. The second-order valence-corrected chi connectivity index (χ2v) is 4.72. The Balaban J connectivity index is 1.84. The van der Waals surface area contributed by atoms with Crippen molar-refractivity contribution in [2.24, 2.45) is 0 Å². The molecule has 1 aliphatic heterocycles. The van der Waals surface area contributed by atoms with E-state index in [1.807, 2.05) is 25.1 Å². The highest BCUT2D eigenvalue weighted by molar-refractivity contribution is 6.06. The molecular formula is C15H15NO3. The lowest BCUT2D eigenvalue weighted by Crippen LogP contribution is -2.13. The molecule has 0 radical (unpaired) electrons. The van der Waals surface area contributed by atoms with E-state index in [2.05, 4.69) is 5.32 Å². The lowest BCUT2D eigenvalue weighted by molar-refractivity contribution is 0.102. The number of carbonyl (C=O) groups excluding carboxylic acids is 1. The van der Waals surface area contributed by atoms with Crippen molar-refractivity contribution in [3.63, 3.8) is 0 Å². The maximum Gasteiger partial charge on any atom is 0.259 e. The van der Waals surface area contributed by atoms with Crippen LogP contribution in [-0.4, -0.2) is 12.5 Å². The highest BCUT2D eigenvalue weighted by Crippen LogP contribution is 2.28. The molecule has 1 aromatic heterocycles. The molecule has 1 aromatic carbocycles. The number of nitrogens with one attached hydrogen (secondary N) is 1. The highest BCUT2D eigenvalue weighted by atomic mass is 16.5. The van der Waals surface area contributed by atoms with Crippen LogP contribution in [0.2, 0.25) is 0 Å². The van der Waals surface area contributed by atoms with Gasteiger partial charge in [-0.15, -0.1) is 0 Å². The van der Waals surface area contributed by atoms with E-state index >= 15 is 0 Å². The number of furan rings is 1. The summed E-state index contributed by atoms with van der Waals surface area (Å²) < 4.78 is 10.7. The molecule has 3 rings (SSSR count). The summed E-state index contributed by atoms with van der Waals surface area (Å²) in [7, 11) is 0. The third kappa shape index (κ3) is 2.10. The summed E-state index contributed by atoms with van der Waals surface area (Å²) in [6.45, 7) is 4.37. The summed E-state index contributed by atoms with van der Waals surface area (Å²) in [4.78, 5) is 12.2. The number of benzene rings is 1. The van der Waals surface area contributed by atoms with Gasteiger partial charge in [0.2, 0.25) is 0 Å². The molecule has 19 heavy (non-hydrogen) atoms. The van der Waals surface area contributed by atoms with Gasteiger partial charge >= 0.3 is 0 Å². The Kier molecular flexibility index (Phi) is 2.78. The summed E-state index contributed by atoms with van der Waals surface area (Å²) in [5, 5.41) is 2.90. The number of carbonyl (C=O) groups is 1. The zero-order valence-corrected chi connectivity index (χ0v) is 10.9.